The van der Waals surface area contributed by atoms with Crippen molar-refractivity contribution in [3.63, 3.8) is 0 Å². The SMILES string of the molecule is C#CN(C(=O)C(CC(N)=O)NC(=O)OC(C)(C)C)C(C(=O)NCCC(=O)OCC)c1cccc(C=C)c1. The third-order valence-corrected chi connectivity index (χ3v) is 4.67. The minimum absolute atomic E-state index is 0.0806. The summed E-state index contributed by atoms with van der Waals surface area (Å²) < 4.78 is 10.0. The van der Waals surface area contributed by atoms with Crippen LogP contribution in [-0.4, -0.2) is 59.5 Å². The Morgan fingerprint density at radius 2 is 1.92 bits per heavy atom. The minimum atomic E-state index is -1.51. The van der Waals surface area contributed by atoms with E-state index < -0.39 is 53.9 Å². The largest absolute Gasteiger partial charge is 0.466 e. The van der Waals surface area contributed by atoms with Gasteiger partial charge < -0.3 is 25.8 Å². The summed E-state index contributed by atoms with van der Waals surface area (Å²) >= 11 is 0. The van der Waals surface area contributed by atoms with Gasteiger partial charge in [-0.2, -0.15) is 0 Å². The van der Waals surface area contributed by atoms with Crippen LogP contribution in [0.5, 0.6) is 0 Å². The van der Waals surface area contributed by atoms with E-state index >= 15 is 0 Å². The van der Waals surface area contributed by atoms with Crippen molar-refractivity contribution in [1.82, 2.24) is 15.5 Å². The Balaban J connectivity index is 3.35. The fraction of sp³-hybridized carbons (Fsp3) is 0.423. The topological polar surface area (TPSA) is 157 Å². The first-order valence-electron chi connectivity index (χ1n) is 11.6. The molecule has 0 saturated heterocycles. The van der Waals surface area contributed by atoms with E-state index in [0.717, 1.165) is 4.90 Å². The molecule has 0 aromatic heterocycles. The second-order valence-corrected chi connectivity index (χ2v) is 8.83. The van der Waals surface area contributed by atoms with Crippen LogP contribution in [0.15, 0.2) is 30.8 Å². The molecule has 2 atom stereocenters. The number of ether oxygens (including phenoxy) is 2. The van der Waals surface area contributed by atoms with Gasteiger partial charge in [-0.25, -0.2) is 4.79 Å². The lowest BCUT2D eigenvalue weighted by Gasteiger charge is -2.30. The van der Waals surface area contributed by atoms with Crippen LogP contribution in [0.25, 0.3) is 6.08 Å². The number of carbonyl (C=O) groups is 5. The molecule has 0 aliphatic rings. The predicted octanol–water partition coefficient (Wildman–Crippen LogP) is 1.63. The van der Waals surface area contributed by atoms with Crippen LogP contribution >= 0.6 is 0 Å². The fourth-order valence-electron chi connectivity index (χ4n) is 3.18. The Labute approximate surface area is 216 Å². The Hall–Kier alpha value is -4.33. The lowest BCUT2D eigenvalue weighted by Crippen LogP contribution is -2.52. The molecule has 0 aliphatic heterocycles. The van der Waals surface area contributed by atoms with Gasteiger partial charge >= 0.3 is 12.1 Å². The van der Waals surface area contributed by atoms with Gasteiger partial charge in [0.2, 0.25) is 11.8 Å². The van der Waals surface area contributed by atoms with Crippen LogP contribution in [0, 0.1) is 12.5 Å². The molecule has 2 unspecified atom stereocenters. The number of amides is 4. The lowest BCUT2D eigenvalue weighted by molar-refractivity contribution is -0.143. The summed E-state index contributed by atoms with van der Waals surface area (Å²) in [5.74, 6) is -3.05. The molecule has 0 fully saturated rings. The van der Waals surface area contributed by atoms with Gasteiger partial charge in [0.15, 0.2) is 0 Å². The third kappa shape index (κ3) is 10.4. The summed E-state index contributed by atoms with van der Waals surface area (Å²) in [5, 5.41) is 4.87. The van der Waals surface area contributed by atoms with Crippen molar-refractivity contribution in [2.45, 2.75) is 58.2 Å². The molecule has 0 saturated carbocycles. The van der Waals surface area contributed by atoms with Crippen molar-refractivity contribution in [3.8, 4) is 12.5 Å². The second-order valence-electron chi connectivity index (χ2n) is 8.83. The lowest BCUT2D eigenvalue weighted by atomic mass is 10.0. The number of nitrogens with two attached hydrogens (primary N) is 1. The highest BCUT2D eigenvalue weighted by Gasteiger charge is 2.36. The van der Waals surface area contributed by atoms with E-state index in [4.69, 9.17) is 21.6 Å². The van der Waals surface area contributed by atoms with Crippen LogP contribution in [0.3, 0.4) is 0 Å². The Kier molecular flexibility index (Phi) is 11.9. The van der Waals surface area contributed by atoms with Crippen LogP contribution in [0.1, 0.15) is 57.7 Å². The number of primary amides is 1. The Morgan fingerprint density at radius 3 is 2.46 bits per heavy atom. The monoisotopic (exact) mass is 514 g/mol. The quantitative estimate of drug-likeness (QED) is 0.217. The highest BCUT2D eigenvalue weighted by Crippen LogP contribution is 2.24. The number of carbonyl (C=O) groups excluding carboxylic acids is 5. The van der Waals surface area contributed by atoms with E-state index in [2.05, 4.69) is 23.3 Å². The normalized spacial score (nSPS) is 12.2. The summed E-state index contributed by atoms with van der Waals surface area (Å²) in [6.07, 6.45) is 5.52. The van der Waals surface area contributed by atoms with Gasteiger partial charge in [-0.15, -0.1) is 0 Å². The van der Waals surface area contributed by atoms with Crippen LogP contribution in [0.4, 0.5) is 4.79 Å². The first kappa shape index (κ1) is 30.7. The zero-order valence-electron chi connectivity index (χ0n) is 21.5. The molecule has 0 heterocycles. The standard InChI is InChI=1S/C26H34N4O7/c1-7-17-11-10-12-18(15-17)22(23(33)28-14-13-21(32)36-9-3)30(8-2)24(34)19(16-20(27)31)29-25(35)37-26(4,5)6/h2,7,10-12,15,19,22H,1,9,13-14,16H2,3-6H3,(H2,27,31)(H,28,33)(H,29,35). The number of terminal acetylenes is 1. The highest BCUT2D eigenvalue weighted by molar-refractivity contribution is 5.95. The van der Waals surface area contributed by atoms with Crippen molar-refractivity contribution in [2.24, 2.45) is 5.73 Å². The third-order valence-electron chi connectivity index (χ3n) is 4.67. The van der Waals surface area contributed by atoms with Crippen molar-refractivity contribution in [1.29, 1.82) is 0 Å². The average molecular weight is 515 g/mol. The zero-order chi connectivity index (χ0) is 28.2. The van der Waals surface area contributed by atoms with Crippen LogP contribution in [-0.2, 0) is 28.7 Å². The fourth-order valence-corrected chi connectivity index (χ4v) is 3.18. The average Bonchev–Trinajstić information content (AvgIpc) is 2.80. The molecule has 0 aliphatic carbocycles. The van der Waals surface area contributed by atoms with E-state index in [1.165, 1.54) is 0 Å². The maximum absolute atomic E-state index is 13.5. The first-order chi connectivity index (χ1) is 17.3. The Bertz CT molecular complexity index is 1060. The number of nitrogens with one attached hydrogen (secondary N) is 2. The van der Waals surface area contributed by atoms with Gasteiger partial charge in [-0.1, -0.05) is 37.3 Å². The highest BCUT2D eigenvalue weighted by atomic mass is 16.6. The number of hydrogen-bond acceptors (Lipinski definition) is 7. The molecule has 1 aromatic carbocycles. The van der Waals surface area contributed by atoms with E-state index in [-0.39, 0.29) is 19.6 Å². The van der Waals surface area contributed by atoms with Gasteiger partial charge in [0, 0.05) is 12.6 Å². The summed E-state index contributed by atoms with van der Waals surface area (Å²) in [7, 11) is 0. The van der Waals surface area contributed by atoms with Gasteiger partial charge in [-0.3, -0.25) is 24.1 Å². The number of nitrogens with zero attached hydrogens (tertiary/aromatic N) is 1. The maximum Gasteiger partial charge on any atom is 0.408 e. The number of hydrogen-bond donors (Lipinski definition) is 3. The molecule has 1 aromatic rings. The summed E-state index contributed by atoms with van der Waals surface area (Å²) in [6.45, 7) is 10.3. The molecule has 11 heteroatoms. The maximum atomic E-state index is 13.5. The molecule has 0 spiro atoms. The number of rotatable bonds is 12. The zero-order valence-corrected chi connectivity index (χ0v) is 21.5. The van der Waals surface area contributed by atoms with Crippen molar-refractivity contribution in [3.05, 3.63) is 42.0 Å². The minimum Gasteiger partial charge on any atom is -0.466 e. The number of esters is 1. The van der Waals surface area contributed by atoms with E-state index in [9.17, 15) is 24.0 Å². The predicted molar refractivity (Wildman–Crippen MR) is 136 cm³/mol. The number of alkyl carbamates (subject to hydrolysis) is 1. The molecule has 4 amide bonds. The summed E-state index contributed by atoms with van der Waals surface area (Å²) in [4.78, 5) is 63.2. The molecular weight excluding hydrogens is 480 g/mol. The molecular formula is C26H34N4O7. The summed E-state index contributed by atoms with van der Waals surface area (Å²) in [6, 6.07) is 5.83. The molecule has 37 heavy (non-hydrogen) atoms. The molecule has 11 nitrogen and oxygen atoms in total. The smallest absolute Gasteiger partial charge is 0.408 e. The number of benzene rings is 1. The van der Waals surface area contributed by atoms with Gasteiger partial charge in [-0.05, 0) is 44.9 Å². The van der Waals surface area contributed by atoms with Gasteiger partial charge in [0.25, 0.3) is 5.91 Å². The molecule has 4 N–H and O–H groups in total. The van der Waals surface area contributed by atoms with Gasteiger partial charge in [0.1, 0.15) is 17.7 Å². The van der Waals surface area contributed by atoms with Crippen molar-refractivity contribution in [2.75, 3.05) is 13.2 Å². The Morgan fingerprint density at radius 1 is 1.24 bits per heavy atom. The van der Waals surface area contributed by atoms with E-state index in [0.29, 0.717) is 11.1 Å². The van der Waals surface area contributed by atoms with E-state index in [1.807, 2.05) is 0 Å². The molecule has 0 bridgehead atoms. The van der Waals surface area contributed by atoms with Crippen LogP contribution in [0.2, 0.25) is 0 Å². The molecule has 1 rings (SSSR count). The second kappa shape index (κ2) is 14.3. The summed E-state index contributed by atoms with van der Waals surface area (Å²) in [5.41, 5.74) is 5.38. The molecule has 0 radical (unpaired) electrons. The van der Waals surface area contributed by atoms with Crippen molar-refractivity contribution < 1.29 is 33.4 Å². The molecule has 200 valence electrons. The van der Waals surface area contributed by atoms with Crippen molar-refractivity contribution >= 4 is 35.9 Å². The first-order valence-corrected chi connectivity index (χ1v) is 11.6. The van der Waals surface area contributed by atoms with E-state index in [1.54, 1.807) is 58.0 Å². The van der Waals surface area contributed by atoms with Gasteiger partial charge in [0.05, 0.1) is 19.4 Å². The van der Waals surface area contributed by atoms with Crippen LogP contribution < -0.4 is 16.4 Å².